The number of nitrogens with zero attached hydrogens (tertiary/aromatic N) is 5. The Hall–Kier alpha value is -3.89. The number of ether oxygens (including phenoxy) is 1. The maximum atomic E-state index is 13.6. The molecule has 0 aliphatic heterocycles. The van der Waals surface area contributed by atoms with Crippen molar-refractivity contribution in [2.45, 2.75) is 25.3 Å². The average Bonchev–Trinajstić information content (AvgIpc) is 3.44. The average molecular weight is 427 g/mol. The van der Waals surface area contributed by atoms with Gasteiger partial charge in [0.05, 0.1) is 7.11 Å². The minimum atomic E-state index is -0.767. The third-order valence-electron chi connectivity index (χ3n) is 4.59. The van der Waals surface area contributed by atoms with Crippen molar-refractivity contribution in [1.82, 2.24) is 19.9 Å². The summed E-state index contributed by atoms with van der Waals surface area (Å²) in [7, 11) is 1.22. The summed E-state index contributed by atoms with van der Waals surface area (Å²) in [6.07, 6.45) is 2.59. The van der Waals surface area contributed by atoms with Crippen LogP contribution in [0.25, 0.3) is 0 Å². The lowest BCUT2D eigenvalue weighted by Gasteiger charge is -2.20. The number of hydrogen-bond acceptors (Lipinski definition) is 8. The Labute approximate surface area is 176 Å². The van der Waals surface area contributed by atoms with E-state index in [1.807, 2.05) is 6.92 Å². The molecule has 0 bridgehead atoms. The molecule has 1 saturated carbocycles. The Balaban J connectivity index is 1.77. The number of anilines is 5. The van der Waals surface area contributed by atoms with Crippen LogP contribution in [-0.2, 0) is 4.74 Å². The summed E-state index contributed by atoms with van der Waals surface area (Å²) in [5.74, 6) is -1.20. The van der Waals surface area contributed by atoms with Gasteiger partial charge in [0.2, 0.25) is 17.8 Å². The lowest BCUT2D eigenvalue weighted by Crippen LogP contribution is -2.29. The van der Waals surface area contributed by atoms with Crippen LogP contribution in [0.15, 0.2) is 42.6 Å². The molecule has 3 aromatic rings. The predicted molar refractivity (Wildman–Crippen MR) is 110 cm³/mol. The molecule has 0 spiro atoms. The number of carbonyl (C=O) groups is 1. The smallest absolute Gasteiger partial charge is 0.422 e. The van der Waals surface area contributed by atoms with E-state index >= 15 is 0 Å². The SMILES string of the molecule is COC(=O)N(c1ccccn1)c1nc(Nc2cc(F)cc(F)c2)nc(NC2(C)CC2)n1. The quantitative estimate of drug-likeness (QED) is 0.604. The van der Waals surface area contributed by atoms with E-state index in [9.17, 15) is 13.6 Å². The fourth-order valence-electron chi connectivity index (χ4n) is 2.77. The molecule has 1 aromatic carbocycles. The van der Waals surface area contributed by atoms with Gasteiger partial charge in [-0.05, 0) is 44.0 Å². The molecule has 0 atom stereocenters. The van der Waals surface area contributed by atoms with E-state index in [2.05, 4.69) is 30.6 Å². The van der Waals surface area contributed by atoms with Gasteiger partial charge in [0.25, 0.3) is 0 Å². The number of hydrogen-bond donors (Lipinski definition) is 2. The van der Waals surface area contributed by atoms with Crippen LogP contribution in [0.5, 0.6) is 0 Å². The molecule has 1 fully saturated rings. The van der Waals surface area contributed by atoms with Crippen LogP contribution in [0.1, 0.15) is 19.8 Å². The first-order valence-electron chi connectivity index (χ1n) is 9.42. The molecule has 2 aromatic heterocycles. The number of pyridine rings is 1. The monoisotopic (exact) mass is 427 g/mol. The molecular weight excluding hydrogens is 408 g/mol. The van der Waals surface area contributed by atoms with Crippen LogP contribution in [0.3, 0.4) is 0 Å². The largest absolute Gasteiger partial charge is 0.452 e. The lowest BCUT2D eigenvalue weighted by molar-refractivity contribution is 0.181. The van der Waals surface area contributed by atoms with Crippen molar-refractivity contribution in [3.8, 4) is 0 Å². The third-order valence-corrected chi connectivity index (χ3v) is 4.59. The molecule has 31 heavy (non-hydrogen) atoms. The van der Waals surface area contributed by atoms with Crippen molar-refractivity contribution >= 4 is 35.4 Å². The lowest BCUT2D eigenvalue weighted by atomic mass is 10.3. The zero-order valence-electron chi connectivity index (χ0n) is 16.8. The van der Waals surface area contributed by atoms with Gasteiger partial charge in [0.1, 0.15) is 17.5 Å². The maximum Gasteiger partial charge on any atom is 0.422 e. The van der Waals surface area contributed by atoms with Crippen LogP contribution in [0.4, 0.5) is 42.9 Å². The first-order valence-corrected chi connectivity index (χ1v) is 9.42. The second-order valence-corrected chi connectivity index (χ2v) is 7.24. The van der Waals surface area contributed by atoms with Gasteiger partial charge < -0.3 is 15.4 Å². The molecule has 1 aliphatic carbocycles. The fraction of sp³-hybridized carbons (Fsp3) is 0.250. The van der Waals surface area contributed by atoms with Crippen LogP contribution in [-0.4, -0.2) is 38.7 Å². The summed E-state index contributed by atoms with van der Waals surface area (Å²) in [5, 5.41) is 5.95. The van der Waals surface area contributed by atoms with Gasteiger partial charge in [-0.3, -0.25) is 0 Å². The predicted octanol–water partition coefficient (Wildman–Crippen LogP) is 4.16. The van der Waals surface area contributed by atoms with E-state index in [1.54, 1.807) is 18.2 Å². The molecule has 2 N–H and O–H groups in total. The molecule has 0 saturated heterocycles. The van der Waals surface area contributed by atoms with Crippen LogP contribution in [0.2, 0.25) is 0 Å². The molecular formula is C20H19F2N7O2. The number of rotatable bonds is 6. The molecule has 0 unspecified atom stereocenters. The molecule has 1 aliphatic rings. The summed E-state index contributed by atoms with van der Waals surface area (Å²) < 4.78 is 32.1. The minimum absolute atomic E-state index is 0.0217. The first-order chi connectivity index (χ1) is 14.8. The van der Waals surface area contributed by atoms with E-state index in [-0.39, 0.29) is 34.9 Å². The van der Waals surface area contributed by atoms with Crippen molar-refractivity contribution in [2.24, 2.45) is 0 Å². The van der Waals surface area contributed by atoms with E-state index in [0.29, 0.717) is 0 Å². The minimum Gasteiger partial charge on any atom is -0.452 e. The van der Waals surface area contributed by atoms with E-state index in [4.69, 9.17) is 4.74 Å². The van der Waals surface area contributed by atoms with Crippen LogP contribution >= 0.6 is 0 Å². The number of aromatic nitrogens is 4. The molecule has 0 radical (unpaired) electrons. The Morgan fingerprint density at radius 3 is 2.42 bits per heavy atom. The number of halogens is 2. The van der Waals surface area contributed by atoms with Gasteiger partial charge in [-0.15, -0.1) is 0 Å². The summed E-state index contributed by atoms with van der Waals surface area (Å²) in [4.78, 5) is 30.6. The standard InChI is InChI=1S/C20H19F2N7O2/c1-20(6-7-20)28-17-25-16(24-14-10-12(21)9-13(22)11-14)26-18(27-17)29(19(30)31-2)15-5-3-4-8-23-15/h3-5,8-11H,6-7H2,1-2H3,(H2,24,25,26,27,28). The molecule has 2 heterocycles. The van der Waals surface area contributed by atoms with E-state index in [1.165, 1.54) is 13.3 Å². The fourth-order valence-corrected chi connectivity index (χ4v) is 2.77. The number of nitrogens with one attached hydrogen (secondary N) is 2. The Morgan fingerprint density at radius 2 is 1.81 bits per heavy atom. The summed E-state index contributed by atoms with van der Waals surface area (Å²) >= 11 is 0. The van der Waals surface area contributed by atoms with Crippen LogP contribution in [0, 0.1) is 11.6 Å². The summed E-state index contributed by atoms with van der Waals surface area (Å²) in [6.45, 7) is 2.00. The topological polar surface area (TPSA) is 105 Å². The van der Waals surface area contributed by atoms with Gasteiger partial charge in [0, 0.05) is 23.5 Å². The normalized spacial score (nSPS) is 13.9. The molecule has 160 valence electrons. The highest BCUT2D eigenvalue weighted by Crippen LogP contribution is 2.38. The van der Waals surface area contributed by atoms with Crippen molar-refractivity contribution in [3.63, 3.8) is 0 Å². The second kappa shape index (κ2) is 8.09. The number of amides is 1. The first kappa shape index (κ1) is 20.4. The molecule has 11 heteroatoms. The van der Waals surface area contributed by atoms with Gasteiger partial charge in [0.15, 0.2) is 0 Å². The Bertz CT molecular complexity index is 1090. The van der Waals surface area contributed by atoms with Gasteiger partial charge in [-0.2, -0.15) is 19.9 Å². The zero-order chi connectivity index (χ0) is 22.0. The van der Waals surface area contributed by atoms with Gasteiger partial charge in [-0.1, -0.05) is 6.07 Å². The molecule has 1 amide bonds. The van der Waals surface area contributed by atoms with E-state index in [0.717, 1.165) is 35.9 Å². The highest BCUT2D eigenvalue weighted by Gasteiger charge is 2.38. The van der Waals surface area contributed by atoms with Crippen molar-refractivity contribution in [3.05, 3.63) is 54.2 Å². The van der Waals surface area contributed by atoms with Crippen LogP contribution < -0.4 is 15.5 Å². The zero-order valence-corrected chi connectivity index (χ0v) is 16.8. The number of benzene rings is 1. The van der Waals surface area contributed by atoms with Gasteiger partial charge in [-0.25, -0.2) is 18.6 Å². The summed E-state index contributed by atoms with van der Waals surface area (Å²) in [6, 6.07) is 7.92. The highest BCUT2D eigenvalue weighted by atomic mass is 19.1. The Morgan fingerprint density at radius 1 is 1.10 bits per heavy atom. The number of carbonyl (C=O) groups excluding carboxylic acids is 1. The summed E-state index contributed by atoms with van der Waals surface area (Å²) in [5.41, 5.74) is -0.0808. The van der Waals surface area contributed by atoms with Crippen molar-refractivity contribution in [2.75, 3.05) is 22.6 Å². The van der Waals surface area contributed by atoms with E-state index < -0.39 is 17.7 Å². The van der Waals surface area contributed by atoms with Crippen molar-refractivity contribution < 1.29 is 18.3 Å². The highest BCUT2D eigenvalue weighted by molar-refractivity contribution is 5.93. The molecule has 9 nitrogen and oxygen atoms in total. The maximum absolute atomic E-state index is 13.6. The van der Waals surface area contributed by atoms with Gasteiger partial charge >= 0.3 is 6.09 Å². The second-order valence-electron chi connectivity index (χ2n) is 7.24. The van der Waals surface area contributed by atoms with Crippen molar-refractivity contribution in [1.29, 1.82) is 0 Å². The molecule has 4 rings (SSSR count). The third kappa shape index (κ3) is 4.82. The number of methoxy groups -OCH3 is 1. The Kier molecular flexibility index (Phi) is 5.32.